The van der Waals surface area contributed by atoms with Crippen LogP contribution in [-0.2, 0) is 4.74 Å². The van der Waals surface area contributed by atoms with Crippen molar-refractivity contribution in [1.82, 2.24) is 20.4 Å². The highest BCUT2D eigenvalue weighted by Gasteiger charge is 2.21. The fourth-order valence-corrected chi connectivity index (χ4v) is 2.30. The summed E-state index contributed by atoms with van der Waals surface area (Å²) in [5.41, 5.74) is 0. The Kier molecular flexibility index (Phi) is 8.29. The van der Waals surface area contributed by atoms with Crippen molar-refractivity contribution in [2.45, 2.75) is 19.4 Å². The van der Waals surface area contributed by atoms with Crippen LogP contribution >= 0.6 is 12.2 Å². The molecule has 0 radical (unpaired) electrons. The number of hydrogen-bond acceptors (Lipinski definition) is 4. The van der Waals surface area contributed by atoms with E-state index in [1.165, 1.54) is 0 Å². The molecule has 0 aromatic carbocycles. The van der Waals surface area contributed by atoms with Crippen LogP contribution in [0.2, 0.25) is 0 Å². The van der Waals surface area contributed by atoms with Crippen molar-refractivity contribution in [1.29, 1.82) is 0 Å². The topological polar surface area (TPSA) is 39.8 Å². The third kappa shape index (κ3) is 7.06. The summed E-state index contributed by atoms with van der Waals surface area (Å²) in [5.74, 6) is 0. The molecule has 1 aliphatic heterocycles. The van der Waals surface area contributed by atoms with Gasteiger partial charge < -0.3 is 20.3 Å². The summed E-state index contributed by atoms with van der Waals surface area (Å²) in [6, 6.07) is 0.530. The lowest BCUT2D eigenvalue weighted by molar-refractivity contribution is 0.116. The molecule has 1 rings (SSSR count). The van der Waals surface area contributed by atoms with Gasteiger partial charge in [0, 0.05) is 52.0 Å². The van der Waals surface area contributed by atoms with Crippen LogP contribution in [0.1, 0.15) is 13.3 Å². The van der Waals surface area contributed by atoms with Crippen LogP contribution in [0.15, 0.2) is 0 Å². The first-order valence-electron chi connectivity index (χ1n) is 7.11. The normalized spacial score (nSPS) is 21.3. The second-order valence-electron chi connectivity index (χ2n) is 5.08. The lowest BCUT2D eigenvalue weighted by atomic mass is 10.2. The van der Waals surface area contributed by atoms with E-state index >= 15 is 0 Å². The van der Waals surface area contributed by atoms with Crippen LogP contribution in [0.3, 0.4) is 0 Å². The Bertz CT molecular complexity index is 265. The van der Waals surface area contributed by atoms with Gasteiger partial charge in [-0.25, -0.2) is 0 Å². The average Bonchev–Trinajstić information content (AvgIpc) is 2.39. The van der Waals surface area contributed by atoms with E-state index < -0.39 is 0 Å². The van der Waals surface area contributed by atoms with Gasteiger partial charge in [-0.05, 0) is 39.7 Å². The predicted octanol–water partition coefficient (Wildman–Crippen LogP) is 0.123. The number of likely N-dealkylation sites (N-methyl/N-ethyl adjacent to an activating group) is 2. The Morgan fingerprint density at radius 1 is 1.32 bits per heavy atom. The molecule has 0 aromatic rings. The predicted molar refractivity (Wildman–Crippen MR) is 83.6 cm³/mol. The van der Waals surface area contributed by atoms with Crippen molar-refractivity contribution in [3.63, 3.8) is 0 Å². The largest absolute Gasteiger partial charge is 0.382 e. The molecule has 6 heteroatoms. The second-order valence-corrected chi connectivity index (χ2v) is 5.49. The van der Waals surface area contributed by atoms with Crippen LogP contribution in [0.5, 0.6) is 0 Å². The van der Waals surface area contributed by atoms with Crippen molar-refractivity contribution < 1.29 is 4.74 Å². The fraction of sp³-hybridized carbons (Fsp3) is 0.923. The van der Waals surface area contributed by atoms with Gasteiger partial charge in [-0.1, -0.05) is 0 Å². The lowest BCUT2D eigenvalue weighted by Crippen LogP contribution is -2.55. The molecule has 19 heavy (non-hydrogen) atoms. The molecule has 5 nitrogen and oxygen atoms in total. The highest BCUT2D eigenvalue weighted by atomic mass is 32.1. The Balaban J connectivity index is 2.08. The van der Waals surface area contributed by atoms with Crippen molar-refractivity contribution >= 4 is 17.3 Å². The summed E-state index contributed by atoms with van der Waals surface area (Å²) >= 11 is 5.27. The van der Waals surface area contributed by atoms with Gasteiger partial charge in [-0.2, -0.15) is 0 Å². The van der Waals surface area contributed by atoms with Crippen LogP contribution in [0.25, 0.3) is 0 Å². The first kappa shape index (κ1) is 16.6. The zero-order chi connectivity index (χ0) is 14.1. The maximum absolute atomic E-state index is 5.28. The van der Waals surface area contributed by atoms with Crippen molar-refractivity contribution in [2.75, 3.05) is 60.0 Å². The smallest absolute Gasteiger partial charge is 0.166 e. The van der Waals surface area contributed by atoms with Gasteiger partial charge in [0.15, 0.2) is 5.11 Å². The molecule has 0 aliphatic carbocycles. The molecule has 1 fully saturated rings. The Hall–Kier alpha value is -0.430. The molecular weight excluding hydrogens is 260 g/mol. The maximum atomic E-state index is 5.28. The number of rotatable bonds is 7. The molecule has 0 spiro atoms. The van der Waals surface area contributed by atoms with E-state index in [9.17, 15) is 0 Å². The molecule has 0 aromatic heterocycles. The summed E-state index contributed by atoms with van der Waals surface area (Å²) in [4.78, 5) is 4.76. The maximum Gasteiger partial charge on any atom is 0.166 e. The monoisotopic (exact) mass is 288 g/mol. The molecule has 1 unspecified atom stereocenters. The highest BCUT2D eigenvalue weighted by molar-refractivity contribution is 7.80. The number of nitrogens with zero attached hydrogens (tertiary/aromatic N) is 2. The van der Waals surface area contributed by atoms with E-state index in [2.05, 4.69) is 34.5 Å². The van der Waals surface area contributed by atoms with Crippen LogP contribution in [0.4, 0.5) is 0 Å². The zero-order valence-electron chi connectivity index (χ0n) is 12.4. The Morgan fingerprint density at radius 3 is 2.84 bits per heavy atom. The number of thiocarbonyl (C=S) groups is 1. The molecule has 0 amide bonds. The van der Waals surface area contributed by atoms with Gasteiger partial charge in [0.1, 0.15) is 0 Å². The van der Waals surface area contributed by atoms with Crippen molar-refractivity contribution in [3.8, 4) is 0 Å². The molecule has 1 aliphatic rings. The van der Waals surface area contributed by atoms with Gasteiger partial charge in [-0.3, -0.25) is 4.90 Å². The summed E-state index contributed by atoms with van der Waals surface area (Å²) in [7, 11) is 4.35. The summed E-state index contributed by atoms with van der Waals surface area (Å²) in [6.07, 6.45) is 0.988. The fourth-order valence-electron chi connectivity index (χ4n) is 2.12. The molecule has 1 saturated heterocycles. The summed E-state index contributed by atoms with van der Waals surface area (Å²) in [6.45, 7) is 8.72. The van der Waals surface area contributed by atoms with Crippen LogP contribution in [0, 0.1) is 0 Å². The minimum Gasteiger partial charge on any atom is -0.382 e. The van der Waals surface area contributed by atoms with Crippen LogP contribution < -0.4 is 10.6 Å². The van der Waals surface area contributed by atoms with E-state index in [1.807, 2.05) is 6.92 Å². The van der Waals surface area contributed by atoms with Crippen molar-refractivity contribution in [2.24, 2.45) is 0 Å². The Labute approximate surface area is 122 Å². The summed E-state index contributed by atoms with van der Waals surface area (Å²) in [5, 5.41) is 7.27. The van der Waals surface area contributed by atoms with E-state index in [0.29, 0.717) is 6.04 Å². The average molecular weight is 288 g/mol. The minimum absolute atomic E-state index is 0.530. The lowest BCUT2D eigenvalue weighted by Gasteiger charge is -2.37. The number of ether oxygens (including phenoxy) is 1. The zero-order valence-corrected chi connectivity index (χ0v) is 13.3. The molecule has 112 valence electrons. The molecule has 1 atom stereocenters. The van der Waals surface area contributed by atoms with E-state index in [1.54, 1.807) is 0 Å². The first-order chi connectivity index (χ1) is 9.13. The van der Waals surface area contributed by atoms with Gasteiger partial charge in [0.25, 0.3) is 0 Å². The third-order valence-corrected chi connectivity index (χ3v) is 3.72. The van der Waals surface area contributed by atoms with E-state index in [0.717, 1.165) is 57.5 Å². The number of hydrogen-bond donors (Lipinski definition) is 2. The quantitative estimate of drug-likeness (QED) is 0.512. The minimum atomic E-state index is 0.530. The SMILES string of the molecule is CCOCCCNC(=S)NCC1CN(C)CCN1C. The number of piperazine rings is 1. The molecule has 0 bridgehead atoms. The first-order valence-corrected chi connectivity index (χ1v) is 7.52. The second kappa shape index (κ2) is 9.47. The standard InChI is InChI=1S/C13H28N4OS/c1-4-18-9-5-6-14-13(19)15-10-12-11-16(2)7-8-17(12)3/h12H,4-11H2,1-3H3,(H2,14,15,19). The van der Waals surface area contributed by atoms with Crippen LogP contribution in [-0.4, -0.2) is 81.0 Å². The van der Waals surface area contributed by atoms with Crippen molar-refractivity contribution in [3.05, 3.63) is 0 Å². The molecular formula is C13H28N4OS. The van der Waals surface area contributed by atoms with Gasteiger partial charge in [0.05, 0.1) is 0 Å². The van der Waals surface area contributed by atoms with Gasteiger partial charge in [0.2, 0.25) is 0 Å². The van der Waals surface area contributed by atoms with Gasteiger partial charge >= 0.3 is 0 Å². The molecule has 1 heterocycles. The van der Waals surface area contributed by atoms with E-state index in [4.69, 9.17) is 17.0 Å². The third-order valence-electron chi connectivity index (χ3n) is 3.43. The highest BCUT2D eigenvalue weighted by Crippen LogP contribution is 2.04. The summed E-state index contributed by atoms with van der Waals surface area (Å²) < 4.78 is 5.28. The van der Waals surface area contributed by atoms with E-state index in [-0.39, 0.29) is 0 Å². The molecule has 0 saturated carbocycles. The molecule has 2 N–H and O–H groups in total. The van der Waals surface area contributed by atoms with Gasteiger partial charge in [-0.15, -0.1) is 0 Å². The number of nitrogens with one attached hydrogen (secondary N) is 2. The Morgan fingerprint density at radius 2 is 2.11 bits per heavy atom.